The van der Waals surface area contributed by atoms with Gasteiger partial charge in [-0.15, -0.1) is 0 Å². The number of aliphatic hydroxyl groups excluding tert-OH is 1. The van der Waals surface area contributed by atoms with Crippen molar-refractivity contribution in [1.29, 1.82) is 5.26 Å². The second kappa shape index (κ2) is 7.15. The zero-order chi connectivity index (χ0) is 13.5. The monoisotopic (exact) mass is 246 g/mol. The standard InChI is InChI=1S/C15H22N2O/c1-4-14(5-2)17(3)11-15(18)13-8-6-12(10-16)7-9-13/h6-9,14-15,18H,4-5,11H2,1-3H3. The normalized spacial score (nSPS) is 12.7. The van der Waals surface area contributed by atoms with E-state index < -0.39 is 6.10 Å². The Hall–Kier alpha value is -1.37. The molecular weight excluding hydrogens is 224 g/mol. The van der Waals surface area contributed by atoms with Crippen LogP contribution >= 0.6 is 0 Å². The van der Waals surface area contributed by atoms with E-state index in [1.165, 1.54) is 0 Å². The summed E-state index contributed by atoms with van der Waals surface area (Å²) in [5, 5.41) is 18.9. The Morgan fingerprint density at radius 3 is 2.22 bits per heavy atom. The summed E-state index contributed by atoms with van der Waals surface area (Å²) < 4.78 is 0. The minimum Gasteiger partial charge on any atom is -0.387 e. The first kappa shape index (κ1) is 14.7. The summed E-state index contributed by atoms with van der Waals surface area (Å²) in [4.78, 5) is 2.20. The quantitative estimate of drug-likeness (QED) is 0.839. The Bertz CT molecular complexity index is 390. The molecule has 1 N–H and O–H groups in total. The molecule has 0 bridgehead atoms. The number of nitrogens with zero attached hydrogens (tertiary/aromatic N) is 2. The first-order chi connectivity index (χ1) is 8.62. The number of likely N-dealkylation sites (N-methyl/N-ethyl adjacent to an activating group) is 1. The fourth-order valence-electron chi connectivity index (χ4n) is 2.22. The van der Waals surface area contributed by atoms with Crippen LogP contribution in [-0.4, -0.2) is 29.6 Å². The van der Waals surface area contributed by atoms with Crippen LogP contribution in [0.3, 0.4) is 0 Å². The molecule has 0 saturated heterocycles. The number of hydrogen-bond acceptors (Lipinski definition) is 3. The van der Waals surface area contributed by atoms with Crippen molar-refractivity contribution < 1.29 is 5.11 Å². The maximum atomic E-state index is 10.2. The SMILES string of the molecule is CCC(CC)N(C)CC(O)c1ccc(C#N)cc1. The van der Waals surface area contributed by atoms with Crippen LogP contribution < -0.4 is 0 Å². The van der Waals surface area contributed by atoms with Crippen molar-refractivity contribution in [2.24, 2.45) is 0 Å². The number of rotatable bonds is 6. The van der Waals surface area contributed by atoms with Crippen LogP contribution in [0.5, 0.6) is 0 Å². The lowest BCUT2D eigenvalue weighted by atomic mass is 10.1. The molecule has 1 aromatic carbocycles. The van der Waals surface area contributed by atoms with E-state index in [9.17, 15) is 5.11 Å². The lowest BCUT2D eigenvalue weighted by molar-refractivity contribution is 0.101. The van der Waals surface area contributed by atoms with Gasteiger partial charge in [0.05, 0.1) is 17.7 Å². The van der Waals surface area contributed by atoms with Gasteiger partial charge in [-0.25, -0.2) is 0 Å². The Labute approximate surface area is 110 Å². The van der Waals surface area contributed by atoms with E-state index in [1.807, 2.05) is 19.2 Å². The molecule has 0 amide bonds. The predicted octanol–water partition coefficient (Wildman–Crippen LogP) is 2.71. The molecule has 98 valence electrons. The minimum atomic E-state index is -0.497. The molecule has 0 radical (unpaired) electrons. The van der Waals surface area contributed by atoms with Gasteiger partial charge >= 0.3 is 0 Å². The van der Waals surface area contributed by atoms with Crippen LogP contribution in [0.25, 0.3) is 0 Å². The highest BCUT2D eigenvalue weighted by atomic mass is 16.3. The van der Waals surface area contributed by atoms with E-state index in [-0.39, 0.29) is 0 Å². The molecule has 0 aromatic heterocycles. The molecule has 0 heterocycles. The zero-order valence-corrected chi connectivity index (χ0v) is 11.4. The number of aliphatic hydroxyl groups is 1. The van der Waals surface area contributed by atoms with Gasteiger partial charge in [-0.05, 0) is 37.6 Å². The second-order valence-corrected chi connectivity index (χ2v) is 4.66. The third kappa shape index (κ3) is 3.83. The van der Waals surface area contributed by atoms with Crippen molar-refractivity contribution in [1.82, 2.24) is 4.90 Å². The molecule has 0 fully saturated rings. The Morgan fingerprint density at radius 2 is 1.78 bits per heavy atom. The van der Waals surface area contributed by atoms with Gasteiger partial charge < -0.3 is 10.0 Å². The Kier molecular flexibility index (Phi) is 5.84. The van der Waals surface area contributed by atoms with E-state index in [0.717, 1.165) is 18.4 Å². The van der Waals surface area contributed by atoms with Crippen LogP contribution in [0, 0.1) is 11.3 Å². The van der Waals surface area contributed by atoms with Gasteiger partial charge in [0.2, 0.25) is 0 Å². The molecule has 0 aliphatic rings. The van der Waals surface area contributed by atoms with E-state index in [0.29, 0.717) is 18.2 Å². The van der Waals surface area contributed by atoms with Gasteiger partial charge in [0.15, 0.2) is 0 Å². The van der Waals surface area contributed by atoms with Crippen LogP contribution in [-0.2, 0) is 0 Å². The zero-order valence-electron chi connectivity index (χ0n) is 11.4. The van der Waals surface area contributed by atoms with Crippen molar-refractivity contribution in [3.8, 4) is 6.07 Å². The molecule has 3 nitrogen and oxygen atoms in total. The highest BCUT2D eigenvalue weighted by molar-refractivity contribution is 5.32. The summed E-state index contributed by atoms with van der Waals surface area (Å²) in [7, 11) is 2.05. The summed E-state index contributed by atoms with van der Waals surface area (Å²) in [6.07, 6.45) is 1.68. The van der Waals surface area contributed by atoms with Crippen LogP contribution in [0.4, 0.5) is 0 Å². The van der Waals surface area contributed by atoms with E-state index in [1.54, 1.807) is 12.1 Å². The summed E-state index contributed by atoms with van der Waals surface area (Å²) in [6, 6.07) is 9.73. The highest BCUT2D eigenvalue weighted by Gasteiger charge is 2.15. The topological polar surface area (TPSA) is 47.3 Å². The summed E-state index contributed by atoms with van der Waals surface area (Å²) in [6.45, 7) is 4.95. The van der Waals surface area contributed by atoms with Gasteiger partial charge in [-0.1, -0.05) is 26.0 Å². The molecule has 3 heteroatoms. The molecule has 0 saturated carbocycles. The predicted molar refractivity (Wildman–Crippen MR) is 73.1 cm³/mol. The van der Waals surface area contributed by atoms with Crippen molar-refractivity contribution in [2.45, 2.75) is 38.8 Å². The first-order valence-corrected chi connectivity index (χ1v) is 6.50. The molecule has 18 heavy (non-hydrogen) atoms. The van der Waals surface area contributed by atoms with Gasteiger partial charge in [0, 0.05) is 12.6 Å². The fourth-order valence-corrected chi connectivity index (χ4v) is 2.22. The molecular formula is C15H22N2O. The summed E-state index contributed by atoms with van der Waals surface area (Å²) >= 11 is 0. The summed E-state index contributed by atoms with van der Waals surface area (Å²) in [5.41, 5.74) is 1.49. The maximum absolute atomic E-state index is 10.2. The third-order valence-electron chi connectivity index (χ3n) is 3.45. The fraction of sp³-hybridized carbons (Fsp3) is 0.533. The van der Waals surface area contributed by atoms with Crippen LogP contribution in [0.1, 0.15) is 43.9 Å². The van der Waals surface area contributed by atoms with Gasteiger partial charge in [0.1, 0.15) is 0 Å². The number of hydrogen-bond donors (Lipinski definition) is 1. The Morgan fingerprint density at radius 1 is 1.22 bits per heavy atom. The molecule has 0 aliphatic carbocycles. The molecule has 1 rings (SSSR count). The van der Waals surface area contributed by atoms with Crippen molar-refractivity contribution >= 4 is 0 Å². The second-order valence-electron chi connectivity index (χ2n) is 4.66. The van der Waals surface area contributed by atoms with E-state index >= 15 is 0 Å². The molecule has 1 atom stereocenters. The van der Waals surface area contributed by atoms with Crippen LogP contribution in [0.2, 0.25) is 0 Å². The maximum Gasteiger partial charge on any atom is 0.0991 e. The van der Waals surface area contributed by atoms with E-state index in [4.69, 9.17) is 5.26 Å². The number of benzene rings is 1. The summed E-state index contributed by atoms with van der Waals surface area (Å²) in [5.74, 6) is 0. The third-order valence-corrected chi connectivity index (χ3v) is 3.45. The molecule has 1 unspecified atom stereocenters. The average Bonchev–Trinajstić information content (AvgIpc) is 2.40. The highest BCUT2D eigenvalue weighted by Crippen LogP contribution is 2.17. The Balaban J connectivity index is 2.64. The van der Waals surface area contributed by atoms with E-state index in [2.05, 4.69) is 24.8 Å². The van der Waals surface area contributed by atoms with Crippen LogP contribution in [0.15, 0.2) is 24.3 Å². The molecule has 0 aliphatic heterocycles. The van der Waals surface area contributed by atoms with Crippen molar-refractivity contribution in [3.63, 3.8) is 0 Å². The lowest BCUT2D eigenvalue weighted by Gasteiger charge is -2.28. The first-order valence-electron chi connectivity index (χ1n) is 6.50. The largest absolute Gasteiger partial charge is 0.387 e. The molecule has 0 spiro atoms. The minimum absolute atomic E-state index is 0.497. The van der Waals surface area contributed by atoms with Gasteiger partial charge in [-0.2, -0.15) is 5.26 Å². The van der Waals surface area contributed by atoms with Crippen molar-refractivity contribution in [3.05, 3.63) is 35.4 Å². The van der Waals surface area contributed by atoms with Gasteiger partial charge in [-0.3, -0.25) is 0 Å². The number of nitriles is 1. The average molecular weight is 246 g/mol. The van der Waals surface area contributed by atoms with Gasteiger partial charge in [0.25, 0.3) is 0 Å². The smallest absolute Gasteiger partial charge is 0.0991 e. The lowest BCUT2D eigenvalue weighted by Crippen LogP contribution is -2.34. The molecule has 1 aromatic rings. The van der Waals surface area contributed by atoms with Crippen molar-refractivity contribution in [2.75, 3.05) is 13.6 Å².